The second-order valence-corrected chi connectivity index (χ2v) is 8.57. The Kier molecular flexibility index (Phi) is 9.12. The molecule has 7 nitrogen and oxygen atoms in total. The Bertz CT molecular complexity index is 1150. The van der Waals surface area contributed by atoms with E-state index in [0.29, 0.717) is 18.5 Å². The molecule has 0 saturated carbocycles. The summed E-state index contributed by atoms with van der Waals surface area (Å²) in [5.74, 6) is -0.578. The van der Waals surface area contributed by atoms with Gasteiger partial charge >= 0.3 is 0 Å². The molecule has 0 bridgehead atoms. The van der Waals surface area contributed by atoms with Crippen molar-refractivity contribution in [3.63, 3.8) is 0 Å². The fourth-order valence-electron chi connectivity index (χ4n) is 3.91. The van der Waals surface area contributed by atoms with Crippen molar-refractivity contribution in [2.75, 3.05) is 6.54 Å². The third kappa shape index (κ3) is 7.24. The van der Waals surface area contributed by atoms with Gasteiger partial charge in [0.1, 0.15) is 6.04 Å². The molecule has 0 unspecified atom stereocenters. The number of nitro groups is 1. The predicted octanol–water partition coefficient (Wildman–Crippen LogP) is 4.61. The number of benzene rings is 3. The Hall–Kier alpha value is -4.00. The van der Waals surface area contributed by atoms with Crippen molar-refractivity contribution >= 4 is 17.5 Å². The quantitative estimate of drug-likeness (QED) is 0.325. The molecule has 0 spiro atoms. The van der Waals surface area contributed by atoms with Crippen LogP contribution in [-0.2, 0) is 29.0 Å². The number of hydrogen-bond acceptors (Lipinski definition) is 4. The van der Waals surface area contributed by atoms with Gasteiger partial charge in [-0.05, 0) is 24.5 Å². The highest BCUT2D eigenvalue weighted by Crippen LogP contribution is 2.21. The van der Waals surface area contributed by atoms with Gasteiger partial charge < -0.3 is 10.2 Å². The monoisotopic (exact) mass is 473 g/mol. The van der Waals surface area contributed by atoms with Crippen LogP contribution in [0.2, 0.25) is 0 Å². The molecule has 3 rings (SSSR count). The standard InChI is InChI=1S/C28H31N3O4/c1-3-17-29-28(33)26(18-22-9-5-4-6-10-22)30(20-23-15-13-21(2)14-16-23)27(32)19-24-11-7-8-12-25(24)31(34)35/h4-16,26H,3,17-20H2,1-2H3,(H,29,33)/t26-/m0/s1. The number of nitrogens with one attached hydrogen (secondary N) is 1. The topological polar surface area (TPSA) is 92.6 Å². The van der Waals surface area contributed by atoms with E-state index < -0.39 is 11.0 Å². The smallest absolute Gasteiger partial charge is 0.273 e. The van der Waals surface area contributed by atoms with Crippen LogP contribution >= 0.6 is 0 Å². The highest BCUT2D eigenvalue weighted by atomic mass is 16.6. The molecule has 0 radical (unpaired) electrons. The highest BCUT2D eigenvalue weighted by Gasteiger charge is 2.31. The zero-order valence-corrected chi connectivity index (χ0v) is 20.1. The van der Waals surface area contributed by atoms with Crippen LogP contribution in [0.4, 0.5) is 5.69 Å². The van der Waals surface area contributed by atoms with Crippen LogP contribution in [0.3, 0.4) is 0 Å². The summed E-state index contributed by atoms with van der Waals surface area (Å²) in [6, 6.07) is 22.8. The summed E-state index contributed by atoms with van der Waals surface area (Å²) in [6.07, 6.45) is 0.937. The van der Waals surface area contributed by atoms with Gasteiger partial charge in [-0.25, -0.2) is 0 Å². The maximum atomic E-state index is 13.7. The van der Waals surface area contributed by atoms with E-state index in [4.69, 9.17) is 0 Å². The number of aryl methyl sites for hydroxylation is 1. The first kappa shape index (κ1) is 25.6. The van der Waals surface area contributed by atoms with E-state index in [1.165, 1.54) is 6.07 Å². The van der Waals surface area contributed by atoms with E-state index in [0.717, 1.165) is 23.1 Å². The fraction of sp³-hybridized carbons (Fsp3) is 0.286. The molecule has 2 amide bonds. The molecule has 0 fully saturated rings. The summed E-state index contributed by atoms with van der Waals surface area (Å²) < 4.78 is 0. The Morgan fingerprint density at radius 2 is 1.60 bits per heavy atom. The van der Waals surface area contributed by atoms with Gasteiger partial charge in [0.25, 0.3) is 5.69 Å². The van der Waals surface area contributed by atoms with Gasteiger partial charge in [-0.3, -0.25) is 19.7 Å². The van der Waals surface area contributed by atoms with E-state index in [1.54, 1.807) is 23.1 Å². The van der Waals surface area contributed by atoms with Gasteiger partial charge in [-0.1, -0.05) is 85.3 Å². The first-order valence-electron chi connectivity index (χ1n) is 11.8. The third-order valence-electron chi connectivity index (χ3n) is 5.82. The Morgan fingerprint density at radius 3 is 2.26 bits per heavy atom. The lowest BCUT2D eigenvalue weighted by Gasteiger charge is -2.31. The average Bonchev–Trinajstić information content (AvgIpc) is 2.86. The van der Waals surface area contributed by atoms with Crippen molar-refractivity contribution in [3.05, 3.63) is 111 Å². The molecule has 35 heavy (non-hydrogen) atoms. The van der Waals surface area contributed by atoms with Crippen LogP contribution in [0.5, 0.6) is 0 Å². The van der Waals surface area contributed by atoms with Crippen LogP contribution in [0.25, 0.3) is 0 Å². The van der Waals surface area contributed by atoms with Gasteiger partial charge in [0.2, 0.25) is 11.8 Å². The van der Waals surface area contributed by atoms with Crippen LogP contribution in [0.1, 0.15) is 35.6 Å². The van der Waals surface area contributed by atoms with Gasteiger partial charge in [0, 0.05) is 31.1 Å². The van der Waals surface area contributed by atoms with E-state index in [1.807, 2.05) is 68.4 Å². The predicted molar refractivity (Wildman–Crippen MR) is 136 cm³/mol. The van der Waals surface area contributed by atoms with Crippen LogP contribution < -0.4 is 5.32 Å². The number of carbonyl (C=O) groups excluding carboxylic acids is 2. The first-order chi connectivity index (χ1) is 16.9. The number of carbonyl (C=O) groups is 2. The first-order valence-corrected chi connectivity index (χ1v) is 11.8. The number of para-hydroxylation sites is 1. The zero-order valence-electron chi connectivity index (χ0n) is 20.1. The van der Waals surface area contributed by atoms with Crippen molar-refractivity contribution < 1.29 is 14.5 Å². The molecule has 1 atom stereocenters. The lowest BCUT2D eigenvalue weighted by atomic mass is 10.0. The number of hydrogen-bond donors (Lipinski definition) is 1. The van der Waals surface area contributed by atoms with E-state index in [-0.39, 0.29) is 30.5 Å². The van der Waals surface area contributed by atoms with Crippen LogP contribution in [0, 0.1) is 17.0 Å². The number of rotatable bonds is 11. The molecular weight excluding hydrogens is 442 g/mol. The molecule has 3 aromatic rings. The minimum Gasteiger partial charge on any atom is -0.354 e. The van der Waals surface area contributed by atoms with Crippen LogP contribution in [-0.4, -0.2) is 34.2 Å². The molecule has 0 aliphatic rings. The molecular formula is C28H31N3O4. The third-order valence-corrected chi connectivity index (χ3v) is 5.82. The van der Waals surface area contributed by atoms with E-state index in [2.05, 4.69) is 5.32 Å². The van der Waals surface area contributed by atoms with E-state index in [9.17, 15) is 19.7 Å². The maximum absolute atomic E-state index is 13.7. The number of nitrogens with zero attached hydrogens (tertiary/aromatic N) is 2. The lowest BCUT2D eigenvalue weighted by molar-refractivity contribution is -0.385. The van der Waals surface area contributed by atoms with Gasteiger partial charge in [-0.2, -0.15) is 0 Å². The highest BCUT2D eigenvalue weighted by molar-refractivity contribution is 5.89. The minimum absolute atomic E-state index is 0.105. The molecule has 0 aliphatic carbocycles. The molecule has 0 heterocycles. The number of nitro benzene ring substituents is 1. The average molecular weight is 474 g/mol. The summed E-state index contributed by atoms with van der Waals surface area (Å²) >= 11 is 0. The van der Waals surface area contributed by atoms with Crippen molar-refractivity contribution in [1.29, 1.82) is 0 Å². The lowest BCUT2D eigenvalue weighted by Crippen LogP contribution is -2.51. The fourth-order valence-corrected chi connectivity index (χ4v) is 3.91. The molecule has 3 aromatic carbocycles. The summed E-state index contributed by atoms with van der Waals surface area (Å²) in [5, 5.41) is 14.4. The summed E-state index contributed by atoms with van der Waals surface area (Å²) in [5.41, 5.74) is 3.12. The Morgan fingerprint density at radius 1 is 0.943 bits per heavy atom. The second-order valence-electron chi connectivity index (χ2n) is 8.57. The SMILES string of the molecule is CCCNC(=O)[C@H](Cc1ccccc1)N(Cc1ccc(C)cc1)C(=O)Cc1ccccc1[N+](=O)[O-]. The van der Waals surface area contributed by atoms with Gasteiger partial charge in [0.05, 0.1) is 11.3 Å². The molecule has 0 saturated heterocycles. The van der Waals surface area contributed by atoms with Crippen molar-refractivity contribution in [1.82, 2.24) is 10.2 Å². The molecule has 1 N–H and O–H groups in total. The van der Waals surface area contributed by atoms with Gasteiger partial charge in [-0.15, -0.1) is 0 Å². The van der Waals surface area contributed by atoms with Crippen molar-refractivity contribution in [2.24, 2.45) is 0 Å². The molecule has 0 aliphatic heterocycles. The normalized spacial score (nSPS) is 11.5. The summed E-state index contributed by atoms with van der Waals surface area (Å²) in [6.45, 7) is 4.67. The van der Waals surface area contributed by atoms with Crippen molar-refractivity contribution in [2.45, 2.75) is 45.7 Å². The maximum Gasteiger partial charge on any atom is 0.273 e. The number of amides is 2. The van der Waals surface area contributed by atoms with Gasteiger partial charge in [0.15, 0.2) is 0 Å². The summed E-state index contributed by atoms with van der Waals surface area (Å²) in [4.78, 5) is 39.6. The zero-order chi connectivity index (χ0) is 25.2. The van der Waals surface area contributed by atoms with Crippen LogP contribution in [0.15, 0.2) is 78.9 Å². The summed E-state index contributed by atoms with van der Waals surface area (Å²) in [7, 11) is 0. The second kappa shape index (κ2) is 12.5. The Balaban J connectivity index is 1.99. The van der Waals surface area contributed by atoms with E-state index >= 15 is 0 Å². The Labute approximate surface area is 205 Å². The molecule has 7 heteroatoms. The minimum atomic E-state index is -0.763. The largest absolute Gasteiger partial charge is 0.354 e. The molecule has 0 aromatic heterocycles. The molecule has 182 valence electrons. The van der Waals surface area contributed by atoms with Crippen molar-refractivity contribution in [3.8, 4) is 0 Å².